The Hall–Kier alpha value is -2.29. The number of halogens is 2. The number of nitrogens with zero attached hydrogens (tertiary/aromatic N) is 2. The topological polar surface area (TPSA) is 86.8 Å². The zero-order valence-corrected chi connectivity index (χ0v) is 20.8. The molecule has 2 aromatic carbocycles. The molecule has 0 saturated heterocycles. The molecule has 0 fully saturated rings. The fraction of sp³-hybridized carbons (Fsp3) is 0.364. The van der Waals surface area contributed by atoms with Gasteiger partial charge in [-0.1, -0.05) is 54.4 Å². The van der Waals surface area contributed by atoms with Gasteiger partial charge in [0.05, 0.1) is 11.9 Å². The van der Waals surface area contributed by atoms with E-state index in [1.165, 1.54) is 11.9 Å². The first-order valence-electron chi connectivity index (χ1n) is 9.98. The Morgan fingerprint density at radius 1 is 1.06 bits per heavy atom. The summed E-state index contributed by atoms with van der Waals surface area (Å²) in [6.45, 7) is 3.01. The largest absolute Gasteiger partial charge is 0.357 e. The second-order valence-electron chi connectivity index (χ2n) is 7.32. The van der Waals surface area contributed by atoms with Crippen LogP contribution in [0, 0.1) is 6.92 Å². The van der Waals surface area contributed by atoms with Gasteiger partial charge in [0.2, 0.25) is 21.8 Å². The molecule has 0 aliphatic heterocycles. The summed E-state index contributed by atoms with van der Waals surface area (Å²) in [5, 5.41) is 3.26. The highest BCUT2D eigenvalue weighted by Crippen LogP contribution is 2.28. The van der Waals surface area contributed by atoms with E-state index in [-0.39, 0.29) is 12.5 Å². The van der Waals surface area contributed by atoms with Gasteiger partial charge in [-0.05, 0) is 37.1 Å². The monoisotopic (exact) mass is 499 g/mol. The fourth-order valence-electron chi connectivity index (χ4n) is 3.38. The summed E-state index contributed by atoms with van der Waals surface area (Å²) in [5.74, 6) is -0.920. The number of nitrogens with one attached hydrogen (secondary N) is 1. The van der Waals surface area contributed by atoms with E-state index in [4.69, 9.17) is 23.2 Å². The molecule has 1 atom stereocenters. The number of hydrogen-bond acceptors (Lipinski definition) is 4. The van der Waals surface area contributed by atoms with Crippen molar-refractivity contribution in [2.75, 3.05) is 24.2 Å². The first kappa shape index (κ1) is 26.0. The average molecular weight is 500 g/mol. The number of anilines is 1. The first-order valence-corrected chi connectivity index (χ1v) is 12.6. The van der Waals surface area contributed by atoms with Gasteiger partial charge in [0.1, 0.15) is 12.6 Å². The van der Waals surface area contributed by atoms with E-state index in [0.29, 0.717) is 33.3 Å². The number of likely N-dealkylation sites (N-methyl/N-ethyl adjacent to an activating group) is 1. The number of carbonyl (C=O) groups excluding carboxylic acids is 2. The molecular formula is C22H27Cl2N3O4S. The van der Waals surface area contributed by atoms with Crippen LogP contribution in [0.25, 0.3) is 0 Å². The molecule has 0 aromatic heterocycles. The minimum atomic E-state index is -3.78. The molecule has 0 unspecified atom stereocenters. The van der Waals surface area contributed by atoms with Crippen molar-refractivity contribution in [3.05, 3.63) is 63.6 Å². The van der Waals surface area contributed by atoms with E-state index < -0.39 is 28.5 Å². The molecule has 0 aliphatic carbocycles. The predicted octanol–water partition coefficient (Wildman–Crippen LogP) is 3.62. The normalized spacial score (nSPS) is 12.2. The van der Waals surface area contributed by atoms with Crippen LogP contribution in [0.2, 0.25) is 10.0 Å². The average Bonchev–Trinajstić information content (AvgIpc) is 2.73. The van der Waals surface area contributed by atoms with Crippen LogP contribution in [-0.4, -0.2) is 51.0 Å². The van der Waals surface area contributed by atoms with Gasteiger partial charge in [-0.3, -0.25) is 13.9 Å². The van der Waals surface area contributed by atoms with Crippen molar-refractivity contribution in [1.29, 1.82) is 0 Å². The van der Waals surface area contributed by atoms with Gasteiger partial charge in [-0.15, -0.1) is 0 Å². The van der Waals surface area contributed by atoms with Crippen LogP contribution in [0.1, 0.15) is 24.5 Å². The molecule has 0 saturated carbocycles. The molecular weight excluding hydrogens is 473 g/mol. The third-order valence-corrected chi connectivity index (χ3v) is 6.92. The maximum absolute atomic E-state index is 13.5. The lowest BCUT2D eigenvalue weighted by atomic mass is 10.1. The van der Waals surface area contributed by atoms with Gasteiger partial charge in [0.25, 0.3) is 0 Å². The number of para-hydroxylation sites is 1. The van der Waals surface area contributed by atoms with Gasteiger partial charge in [0, 0.05) is 29.2 Å². The van der Waals surface area contributed by atoms with Crippen molar-refractivity contribution in [2.45, 2.75) is 32.9 Å². The van der Waals surface area contributed by atoms with Crippen LogP contribution in [0.5, 0.6) is 0 Å². The van der Waals surface area contributed by atoms with Gasteiger partial charge in [-0.2, -0.15) is 0 Å². The van der Waals surface area contributed by atoms with E-state index in [9.17, 15) is 18.0 Å². The standard InChI is InChI=1S/C22H27Cl2N3O4S/c1-5-19(22(29)25-3)26(13-16-17(23)10-8-11-18(16)24)21(28)14-27(32(4,30)31)20-12-7-6-9-15(20)2/h6-12,19H,5,13-14H2,1-4H3,(H,25,29)/t19-/m0/s1. The van der Waals surface area contributed by atoms with Crippen molar-refractivity contribution in [2.24, 2.45) is 0 Å². The molecule has 2 amide bonds. The Bertz CT molecular complexity index is 1070. The Balaban J connectivity index is 2.50. The highest BCUT2D eigenvalue weighted by atomic mass is 35.5. The van der Waals surface area contributed by atoms with Crippen molar-refractivity contribution in [3.8, 4) is 0 Å². The summed E-state index contributed by atoms with van der Waals surface area (Å²) < 4.78 is 26.2. The number of aryl methyl sites for hydroxylation is 1. The summed E-state index contributed by atoms with van der Waals surface area (Å²) >= 11 is 12.6. The van der Waals surface area contributed by atoms with Gasteiger partial charge < -0.3 is 10.2 Å². The molecule has 7 nitrogen and oxygen atoms in total. The Morgan fingerprint density at radius 2 is 1.66 bits per heavy atom. The number of benzene rings is 2. The van der Waals surface area contributed by atoms with Crippen molar-refractivity contribution in [1.82, 2.24) is 10.2 Å². The number of amides is 2. The molecule has 32 heavy (non-hydrogen) atoms. The van der Waals surface area contributed by atoms with Crippen LogP contribution in [-0.2, 0) is 26.2 Å². The van der Waals surface area contributed by atoms with Crippen molar-refractivity contribution >= 4 is 50.7 Å². The highest BCUT2D eigenvalue weighted by Gasteiger charge is 2.32. The third-order valence-electron chi connectivity index (χ3n) is 5.09. The molecule has 0 heterocycles. The number of rotatable bonds is 9. The highest BCUT2D eigenvalue weighted by molar-refractivity contribution is 7.92. The maximum atomic E-state index is 13.5. The van der Waals surface area contributed by atoms with Gasteiger partial charge in [-0.25, -0.2) is 8.42 Å². The molecule has 2 aromatic rings. The minimum absolute atomic E-state index is 0.0470. The second kappa shape index (κ2) is 11.0. The van der Waals surface area contributed by atoms with Gasteiger partial charge in [0.15, 0.2) is 0 Å². The number of carbonyl (C=O) groups is 2. The second-order valence-corrected chi connectivity index (χ2v) is 10.0. The summed E-state index contributed by atoms with van der Waals surface area (Å²) in [6.07, 6.45) is 1.36. The van der Waals surface area contributed by atoms with Crippen LogP contribution in [0.15, 0.2) is 42.5 Å². The predicted molar refractivity (Wildman–Crippen MR) is 129 cm³/mol. The van der Waals surface area contributed by atoms with Crippen LogP contribution >= 0.6 is 23.2 Å². The summed E-state index contributed by atoms with van der Waals surface area (Å²) in [6, 6.07) is 11.0. The van der Waals surface area contributed by atoms with Crippen LogP contribution in [0.3, 0.4) is 0 Å². The smallest absolute Gasteiger partial charge is 0.244 e. The molecule has 0 radical (unpaired) electrons. The molecule has 10 heteroatoms. The summed E-state index contributed by atoms with van der Waals surface area (Å²) in [7, 11) is -2.30. The fourth-order valence-corrected chi connectivity index (χ4v) is 4.80. The third kappa shape index (κ3) is 6.15. The summed E-state index contributed by atoms with van der Waals surface area (Å²) in [4.78, 5) is 27.4. The Labute approximate surface area is 199 Å². The summed E-state index contributed by atoms with van der Waals surface area (Å²) in [5.41, 5.74) is 1.57. The lowest BCUT2D eigenvalue weighted by Gasteiger charge is -2.33. The zero-order valence-electron chi connectivity index (χ0n) is 18.4. The number of hydrogen-bond donors (Lipinski definition) is 1. The van der Waals surface area contributed by atoms with E-state index in [2.05, 4.69) is 5.32 Å². The van der Waals surface area contributed by atoms with E-state index in [0.717, 1.165) is 10.6 Å². The van der Waals surface area contributed by atoms with Crippen LogP contribution in [0.4, 0.5) is 5.69 Å². The molecule has 0 bridgehead atoms. The Morgan fingerprint density at radius 3 is 2.16 bits per heavy atom. The molecule has 0 spiro atoms. The minimum Gasteiger partial charge on any atom is -0.357 e. The quantitative estimate of drug-likeness (QED) is 0.570. The molecule has 0 aliphatic rings. The maximum Gasteiger partial charge on any atom is 0.244 e. The zero-order chi connectivity index (χ0) is 24.1. The lowest BCUT2D eigenvalue weighted by molar-refractivity contribution is -0.140. The Kier molecular flexibility index (Phi) is 8.95. The van der Waals surface area contributed by atoms with E-state index in [1.807, 2.05) is 0 Å². The van der Waals surface area contributed by atoms with Crippen LogP contribution < -0.4 is 9.62 Å². The number of sulfonamides is 1. The molecule has 2 rings (SSSR count). The first-order chi connectivity index (χ1) is 15.0. The van der Waals surface area contributed by atoms with Crippen molar-refractivity contribution in [3.63, 3.8) is 0 Å². The molecule has 174 valence electrons. The van der Waals surface area contributed by atoms with Gasteiger partial charge >= 0.3 is 0 Å². The van der Waals surface area contributed by atoms with E-state index in [1.54, 1.807) is 56.3 Å². The molecule has 1 N–H and O–H groups in total. The lowest BCUT2D eigenvalue weighted by Crippen LogP contribution is -2.51. The SMILES string of the molecule is CC[C@@H](C(=O)NC)N(Cc1c(Cl)cccc1Cl)C(=O)CN(c1ccccc1C)S(C)(=O)=O. The van der Waals surface area contributed by atoms with E-state index >= 15 is 0 Å². The van der Waals surface area contributed by atoms with Crippen molar-refractivity contribution < 1.29 is 18.0 Å².